The first-order valence-electron chi connectivity index (χ1n) is 6.19. The van der Waals surface area contributed by atoms with Crippen LogP contribution in [0.4, 0.5) is 5.69 Å². The Morgan fingerprint density at radius 2 is 2.17 bits per heavy atom. The maximum Gasteiger partial charge on any atom is 0.255 e. The lowest BCUT2D eigenvalue weighted by Gasteiger charge is -2.19. The number of carbonyl (C=O) groups excluding carboxylic acids is 1. The van der Waals surface area contributed by atoms with Gasteiger partial charge in [-0.2, -0.15) is 0 Å². The summed E-state index contributed by atoms with van der Waals surface area (Å²) in [5.74, 6) is 0.0167. The molecular formula is C14H22N2O2. The highest BCUT2D eigenvalue weighted by Crippen LogP contribution is 2.19. The Labute approximate surface area is 109 Å². The molecule has 0 aliphatic heterocycles. The normalized spacial score (nSPS) is 10.2. The topological polar surface area (TPSA) is 41.6 Å². The lowest BCUT2D eigenvalue weighted by molar-refractivity contribution is 0.0745. The predicted molar refractivity (Wildman–Crippen MR) is 74.2 cm³/mol. The molecule has 4 nitrogen and oxygen atoms in total. The van der Waals surface area contributed by atoms with Crippen LogP contribution >= 0.6 is 0 Å². The molecule has 1 aromatic carbocycles. The van der Waals surface area contributed by atoms with Crippen LogP contribution in [0.3, 0.4) is 0 Å². The summed E-state index contributed by atoms with van der Waals surface area (Å²) < 4.78 is 4.99. The van der Waals surface area contributed by atoms with Crippen molar-refractivity contribution in [1.29, 1.82) is 0 Å². The minimum Gasteiger partial charge on any atom is -0.385 e. The van der Waals surface area contributed by atoms with Crippen molar-refractivity contribution in [1.82, 2.24) is 4.90 Å². The number of aryl methyl sites for hydroxylation is 1. The Kier molecular flexibility index (Phi) is 5.65. The van der Waals surface area contributed by atoms with E-state index in [0.29, 0.717) is 18.7 Å². The Hall–Kier alpha value is -1.55. The van der Waals surface area contributed by atoms with Gasteiger partial charge in [-0.25, -0.2) is 0 Å². The molecule has 0 atom stereocenters. The van der Waals surface area contributed by atoms with Gasteiger partial charge in [-0.1, -0.05) is 6.07 Å². The molecule has 0 fully saturated rings. The van der Waals surface area contributed by atoms with Gasteiger partial charge in [0.15, 0.2) is 0 Å². The molecule has 0 unspecified atom stereocenters. The number of amides is 1. The van der Waals surface area contributed by atoms with Crippen LogP contribution in [0.25, 0.3) is 0 Å². The monoisotopic (exact) mass is 250 g/mol. The van der Waals surface area contributed by atoms with Gasteiger partial charge >= 0.3 is 0 Å². The maximum atomic E-state index is 12.3. The van der Waals surface area contributed by atoms with Crippen molar-refractivity contribution < 1.29 is 9.53 Å². The quantitative estimate of drug-likeness (QED) is 0.841. The Bertz CT molecular complexity index is 405. The molecule has 18 heavy (non-hydrogen) atoms. The molecule has 1 N–H and O–H groups in total. The van der Waals surface area contributed by atoms with E-state index in [1.807, 2.05) is 32.0 Å². The van der Waals surface area contributed by atoms with Crippen LogP contribution in [0.5, 0.6) is 0 Å². The van der Waals surface area contributed by atoms with E-state index in [9.17, 15) is 4.79 Å². The molecule has 0 spiro atoms. The zero-order chi connectivity index (χ0) is 13.5. The van der Waals surface area contributed by atoms with Crippen molar-refractivity contribution in [2.45, 2.75) is 13.8 Å². The Morgan fingerprint density at radius 3 is 2.78 bits per heavy atom. The van der Waals surface area contributed by atoms with Gasteiger partial charge in [-0.05, 0) is 31.5 Å². The molecule has 0 radical (unpaired) electrons. The number of hydrogen-bond acceptors (Lipinski definition) is 3. The number of ether oxygens (including phenoxy) is 1. The first kappa shape index (κ1) is 14.5. The largest absolute Gasteiger partial charge is 0.385 e. The van der Waals surface area contributed by atoms with E-state index in [0.717, 1.165) is 17.8 Å². The van der Waals surface area contributed by atoms with Gasteiger partial charge in [0.05, 0.1) is 12.2 Å². The fraction of sp³-hybridized carbons (Fsp3) is 0.500. The van der Waals surface area contributed by atoms with Crippen molar-refractivity contribution in [3.8, 4) is 0 Å². The van der Waals surface area contributed by atoms with E-state index < -0.39 is 0 Å². The Morgan fingerprint density at radius 1 is 1.44 bits per heavy atom. The number of nitrogens with zero attached hydrogens (tertiary/aromatic N) is 1. The van der Waals surface area contributed by atoms with Gasteiger partial charge in [0.25, 0.3) is 5.91 Å². The molecule has 0 saturated heterocycles. The van der Waals surface area contributed by atoms with E-state index in [1.54, 1.807) is 19.1 Å². The summed E-state index contributed by atoms with van der Waals surface area (Å²) in [7, 11) is 3.42. The maximum absolute atomic E-state index is 12.3. The highest BCUT2D eigenvalue weighted by Gasteiger charge is 2.15. The van der Waals surface area contributed by atoms with Gasteiger partial charge in [0.2, 0.25) is 0 Å². The van der Waals surface area contributed by atoms with Crippen LogP contribution < -0.4 is 5.32 Å². The zero-order valence-electron chi connectivity index (χ0n) is 11.6. The third-order valence-electron chi connectivity index (χ3n) is 2.75. The number of rotatable bonds is 6. The van der Waals surface area contributed by atoms with Gasteiger partial charge in [-0.3, -0.25) is 4.79 Å². The van der Waals surface area contributed by atoms with E-state index >= 15 is 0 Å². The van der Waals surface area contributed by atoms with E-state index in [2.05, 4.69) is 5.32 Å². The standard InChI is InChI=1S/C14H22N2O2/c1-5-15-13-10-11(2)6-7-12(13)14(17)16(3)8-9-18-4/h6-7,10,15H,5,8-9H2,1-4H3. The zero-order valence-corrected chi connectivity index (χ0v) is 11.6. The van der Waals surface area contributed by atoms with Crippen LogP contribution in [0.1, 0.15) is 22.8 Å². The number of anilines is 1. The van der Waals surface area contributed by atoms with E-state index in [4.69, 9.17) is 4.74 Å². The van der Waals surface area contributed by atoms with Crippen LogP contribution in [0.15, 0.2) is 18.2 Å². The molecule has 0 aliphatic carbocycles. The fourth-order valence-corrected chi connectivity index (χ4v) is 1.72. The predicted octanol–water partition coefficient (Wildman–Crippen LogP) is 2.15. The smallest absolute Gasteiger partial charge is 0.255 e. The Balaban J connectivity index is 2.90. The number of methoxy groups -OCH3 is 1. The molecule has 0 saturated carbocycles. The third kappa shape index (κ3) is 3.74. The average molecular weight is 250 g/mol. The SMILES string of the molecule is CCNc1cc(C)ccc1C(=O)N(C)CCOC. The molecule has 100 valence electrons. The number of benzene rings is 1. The number of likely N-dealkylation sites (N-methyl/N-ethyl adjacent to an activating group) is 1. The summed E-state index contributed by atoms with van der Waals surface area (Å²) >= 11 is 0. The molecule has 0 aromatic heterocycles. The van der Waals surface area contributed by atoms with Crippen LogP contribution in [-0.4, -0.2) is 44.7 Å². The fourth-order valence-electron chi connectivity index (χ4n) is 1.72. The first-order valence-corrected chi connectivity index (χ1v) is 6.19. The second-order valence-electron chi connectivity index (χ2n) is 4.30. The van der Waals surface area contributed by atoms with E-state index in [1.165, 1.54) is 0 Å². The van der Waals surface area contributed by atoms with Crippen molar-refractivity contribution in [2.24, 2.45) is 0 Å². The van der Waals surface area contributed by atoms with Crippen molar-refractivity contribution in [3.05, 3.63) is 29.3 Å². The number of nitrogens with one attached hydrogen (secondary N) is 1. The second kappa shape index (κ2) is 7.01. The number of hydrogen-bond donors (Lipinski definition) is 1. The van der Waals surface area contributed by atoms with Crippen LogP contribution in [0, 0.1) is 6.92 Å². The average Bonchev–Trinajstić information content (AvgIpc) is 2.36. The van der Waals surface area contributed by atoms with Gasteiger partial charge in [0.1, 0.15) is 0 Å². The summed E-state index contributed by atoms with van der Waals surface area (Å²) in [5, 5.41) is 3.23. The molecule has 1 rings (SSSR count). The lowest BCUT2D eigenvalue weighted by atomic mass is 10.1. The van der Waals surface area contributed by atoms with Crippen molar-refractivity contribution in [3.63, 3.8) is 0 Å². The van der Waals surface area contributed by atoms with Crippen LogP contribution in [0.2, 0.25) is 0 Å². The second-order valence-corrected chi connectivity index (χ2v) is 4.30. The first-order chi connectivity index (χ1) is 8.60. The molecule has 0 heterocycles. The van der Waals surface area contributed by atoms with Crippen LogP contribution in [-0.2, 0) is 4.74 Å². The summed E-state index contributed by atoms with van der Waals surface area (Å²) in [6, 6.07) is 5.83. The van der Waals surface area contributed by atoms with Gasteiger partial charge < -0.3 is 15.0 Å². The summed E-state index contributed by atoms with van der Waals surface area (Å²) in [5.41, 5.74) is 2.75. The minimum atomic E-state index is 0.0167. The summed E-state index contributed by atoms with van der Waals surface area (Å²) in [6.45, 7) is 5.97. The molecular weight excluding hydrogens is 228 g/mol. The summed E-state index contributed by atoms with van der Waals surface area (Å²) in [6.07, 6.45) is 0. The number of carbonyl (C=O) groups is 1. The molecule has 0 aliphatic rings. The molecule has 0 bridgehead atoms. The third-order valence-corrected chi connectivity index (χ3v) is 2.75. The minimum absolute atomic E-state index is 0.0167. The van der Waals surface area contributed by atoms with E-state index in [-0.39, 0.29) is 5.91 Å². The lowest BCUT2D eigenvalue weighted by Crippen LogP contribution is -2.30. The van der Waals surface area contributed by atoms with Gasteiger partial charge in [0, 0.05) is 32.9 Å². The summed E-state index contributed by atoms with van der Waals surface area (Å²) in [4.78, 5) is 14.0. The molecule has 4 heteroatoms. The highest BCUT2D eigenvalue weighted by molar-refractivity contribution is 5.99. The van der Waals surface area contributed by atoms with Crippen molar-refractivity contribution >= 4 is 11.6 Å². The van der Waals surface area contributed by atoms with Crippen molar-refractivity contribution in [2.75, 3.05) is 39.2 Å². The molecule has 1 aromatic rings. The highest BCUT2D eigenvalue weighted by atomic mass is 16.5. The molecule has 1 amide bonds. The van der Waals surface area contributed by atoms with Gasteiger partial charge in [-0.15, -0.1) is 0 Å².